The molecule has 4 unspecified atom stereocenters. The van der Waals surface area contributed by atoms with Crippen molar-refractivity contribution < 1.29 is 38.1 Å². The molecule has 5 heterocycles. The van der Waals surface area contributed by atoms with Crippen LogP contribution in [0.25, 0.3) is 27.1 Å². The van der Waals surface area contributed by atoms with Crippen LogP contribution < -0.4 is 22.9 Å². The summed E-state index contributed by atoms with van der Waals surface area (Å²) in [5.41, 5.74) is 37.0. The molecule has 9 fully saturated rings. The Bertz CT molecular complexity index is 5490. The number of guanidine groups is 4. The lowest BCUT2D eigenvalue weighted by molar-refractivity contribution is -0.139. The molecule has 6 aromatic rings. The van der Waals surface area contributed by atoms with Gasteiger partial charge in [-0.05, 0) is 315 Å². The van der Waals surface area contributed by atoms with Gasteiger partial charge < -0.3 is 41.9 Å². The number of pyridine rings is 1. The van der Waals surface area contributed by atoms with E-state index in [0.29, 0.717) is 35.4 Å². The van der Waals surface area contributed by atoms with Crippen LogP contribution in [0.5, 0.6) is 0 Å². The van der Waals surface area contributed by atoms with Gasteiger partial charge in [0.1, 0.15) is 0 Å². The van der Waals surface area contributed by atoms with Crippen LogP contribution in [0.3, 0.4) is 0 Å². The van der Waals surface area contributed by atoms with E-state index < -0.39 is 22.2 Å². The van der Waals surface area contributed by atoms with Gasteiger partial charge in [0.25, 0.3) is 23.6 Å². The largest absolute Gasteiger partial charge is 0.381 e. The zero-order valence-electron chi connectivity index (χ0n) is 70.3. The summed E-state index contributed by atoms with van der Waals surface area (Å²) < 4.78 is 23.6. The van der Waals surface area contributed by atoms with Gasteiger partial charge >= 0.3 is 0 Å². The van der Waals surface area contributed by atoms with E-state index in [9.17, 15) is 19.2 Å². The number of aromatic nitrogens is 1. The van der Waals surface area contributed by atoms with Gasteiger partial charge in [0.15, 0.2) is 51.7 Å². The van der Waals surface area contributed by atoms with Crippen molar-refractivity contribution in [2.75, 3.05) is 28.4 Å². The lowest BCUT2D eigenvalue weighted by Crippen LogP contribution is -2.52. The van der Waals surface area contributed by atoms with E-state index in [1.807, 2.05) is 48.5 Å². The normalized spacial score (nSPS) is 33.0. The summed E-state index contributed by atoms with van der Waals surface area (Å²) in [5, 5.41) is 0. The van der Waals surface area contributed by atoms with Gasteiger partial charge in [-0.15, -0.1) is 0 Å². The number of benzene rings is 5. The second-order valence-electron chi connectivity index (χ2n) is 38.3. The molecule has 0 bridgehead atoms. The Morgan fingerprint density at radius 2 is 0.744 bits per heavy atom. The number of hydrogen-bond donors (Lipinski definition) is 4. The van der Waals surface area contributed by atoms with Crippen molar-refractivity contribution in [1.82, 2.24) is 24.6 Å². The molecular formula is C98H111BrN14O8. The quantitative estimate of drug-likeness (QED) is 0.0734. The van der Waals surface area contributed by atoms with Gasteiger partial charge in [-0.3, -0.25) is 43.8 Å². The average Bonchev–Trinajstić information content (AvgIpc) is 1.54. The van der Waals surface area contributed by atoms with E-state index in [4.69, 9.17) is 68.4 Å². The van der Waals surface area contributed by atoms with Crippen molar-refractivity contribution in [2.45, 2.75) is 270 Å². The minimum atomic E-state index is -0.957. The molecule has 628 valence electrons. The van der Waals surface area contributed by atoms with Crippen molar-refractivity contribution in [3.63, 3.8) is 0 Å². The molecule has 9 saturated carbocycles. The third-order valence-corrected chi connectivity index (χ3v) is 31.9. The predicted molar refractivity (Wildman–Crippen MR) is 467 cm³/mol. The second kappa shape index (κ2) is 29.8. The van der Waals surface area contributed by atoms with E-state index in [-0.39, 0.29) is 93.9 Å². The Morgan fingerprint density at radius 3 is 1.09 bits per heavy atom. The molecule has 4 aliphatic heterocycles. The number of nitrogens with two attached hydrogens (primary N) is 4. The summed E-state index contributed by atoms with van der Waals surface area (Å²) in [6.07, 6.45) is 33.8. The summed E-state index contributed by atoms with van der Waals surface area (Å²) in [5.74, 6) is 9.23. The fourth-order valence-electron chi connectivity index (χ4n) is 24.4. The third-order valence-electron chi connectivity index (χ3n) is 31.4. The summed E-state index contributed by atoms with van der Waals surface area (Å²) >= 11 is 3.60. The number of ether oxygens (including phenoxy) is 4. The number of aryl methyl sites for hydroxylation is 1. The van der Waals surface area contributed by atoms with Crippen molar-refractivity contribution >= 4 is 69.1 Å². The van der Waals surface area contributed by atoms with Crippen molar-refractivity contribution in [3.8, 4) is 34.1 Å². The van der Waals surface area contributed by atoms with Gasteiger partial charge in [0.05, 0.1) is 31.0 Å². The fourth-order valence-corrected chi connectivity index (χ4v) is 24.7. The summed E-state index contributed by atoms with van der Waals surface area (Å²) in [7, 11) is 7.13. The highest BCUT2D eigenvalue weighted by Gasteiger charge is 2.73. The summed E-state index contributed by atoms with van der Waals surface area (Å²) in [6, 6.07) is 36.4. The molecule has 23 rings (SSSR count). The number of amides is 4. The standard InChI is InChI=1S/C27H28N4O2.C26H30N4O2.C25H29N3O2.C20H24BrN3O2/c1-29-20-5-3-4-17(14-20)18-6-7-19-16-26(12-10-22(33-2)11-13-26)27(23(19)15-18)24(32)31(21-8-9-21)25(28)30-27;1-16-11-19(15-28-14-16)17-3-4-18-13-25(9-7-21(32-2)8-10-25)26(22(18)12-17)23(31)30(20-5-6-20)24(27)29-26;1-30-20-10-12-24(13-11-20)15-18-7-6-17(5-4-16-2-3-16)14-21(18)25(24)22(29)28(19-8-9-19)23(26)27-25;1-26-15-6-8-19(9-7-15)11-12-2-3-13(21)10-16(12)20(19)17(25)24(14-4-5-14)18(22)23-20/h3-7,14-15,21-22H,8-13,16H2,2H3,(H2,28,30);3-4,11-12,14-15,20-21H,5-10,13H2,1-2H3,(H2,27,29);6-7,14,16,19-20H,2-3,8-13,15H2,1H3,(H2,26,27);2-3,10,14-15H,4-9,11H2,1H3,(H2,22,23). The number of nitrogens with zero attached hydrogens (tertiary/aromatic N) is 10. The molecule has 1 aromatic heterocycles. The first-order valence-electron chi connectivity index (χ1n) is 44.5. The minimum absolute atomic E-state index is 0.0594. The predicted octanol–water partition coefficient (Wildman–Crippen LogP) is 14.4. The fraction of sp³-hybridized carbons (Fsp3) is 0.531. The first kappa shape index (κ1) is 79.8. The number of rotatable bonds is 10. The number of carbonyl (C=O) groups is 4. The number of carbonyl (C=O) groups excluding carboxylic acids is 4. The average molecular weight is 1690 g/mol. The molecule has 8 N–H and O–H groups in total. The SMILES string of the molecule is COC1CCC2(CC1)Cc1ccc(-c3cncc(C)c3)cc1C21N=C(N)N(C2CC2)C1=O.COC1CCC2(CC1)Cc1ccc(Br)cc1C21N=C(N)N(C2CC2)C1=O.COC1CCC2(CC1)Cc1ccc(C#CC3CC3)cc1C21N=C(N)N(C2CC2)C1=O.[C-]#[N+]c1cccc(-c2ccc3c(c2)C2(N=C(N)N(C4CC4)C2=O)C2(CCC(OC)CC2)C3)c1. The molecule has 121 heavy (non-hydrogen) atoms. The molecule has 17 aliphatic rings. The maximum atomic E-state index is 14.2. The Labute approximate surface area is 717 Å². The first-order valence-corrected chi connectivity index (χ1v) is 45.3. The molecule has 4 amide bonds. The highest BCUT2D eigenvalue weighted by atomic mass is 79.9. The van der Waals surface area contributed by atoms with Crippen molar-refractivity contribution in [2.24, 2.45) is 70.5 Å². The maximum Gasteiger partial charge on any atom is 0.262 e. The molecule has 0 radical (unpaired) electrons. The molecule has 13 aliphatic carbocycles. The van der Waals surface area contributed by atoms with Crippen LogP contribution in [0.15, 0.2) is 140 Å². The van der Waals surface area contributed by atoms with Gasteiger partial charge in [-0.25, -0.2) is 24.8 Å². The van der Waals surface area contributed by atoms with Crippen LogP contribution in [-0.4, -0.2) is 149 Å². The van der Waals surface area contributed by atoms with Crippen LogP contribution in [0.2, 0.25) is 0 Å². The summed E-state index contributed by atoms with van der Waals surface area (Å²) in [4.78, 5) is 91.6. The lowest BCUT2D eigenvalue weighted by Gasteiger charge is -2.45. The smallest absolute Gasteiger partial charge is 0.262 e. The highest BCUT2D eigenvalue weighted by molar-refractivity contribution is 9.10. The Morgan fingerprint density at radius 1 is 0.405 bits per heavy atom. The molecule has 22 nitrogen and oxygen atoms in total. The highest BCUT2D eigenvalue weighted by Crippen LogP contribution is 2.68. The molecule has 4 atom stereocenters. The van der Waals surface area contributed by atoms with Crippen molar-refractivity contribution in [3.05, 3.63) is 187 Å². The lowest BCUT2D eigenvalue weighted by atomic mass is 9.61. The summed E-state index contributed by atoms with van der Waals surface area (Å²) in [6.45, 7) is 9.42. The van der Waals surface area contributed by atoms with E-state index in [2.05, 4.69) is 116 Å². The Hall–Kier alpha value is -9.62. The zero-order valence-corrected chi connectivity index (χ0v) is 71.9. The zero-order chi connectivity index (χ0) is 83.5. The minimum Gasteiger partial charge on any atom is -0.381 e. The topological polar surface area (TPSA) is 289 Å². The number of fused-ring (bicyclic) bond motifs is 12. The Balaban J connectivity index is 0.000000103. The van der Waals surface area contributed by atoms with Gasteiger partial charge in [0.2, 0.25) is 0 Å². The van der Waals surface area contributed by atoms with Gasteiger partial charge in [-0.2, -0.15) is 0 Å². The van der Waals surface area contributed by atoms with Crippen molar-refractivity contribution in [1.29, 1.82) is 0 Å². The van der Waals surface area contributed by atoms with Gasteiger partial charge in [-0.1, -0.05) is 82.4 Å². The van der Waals surface area contributed by atoms with Crippen LogP contribution in [0.1, 0.15) is 223 Å². The molecule has 0 saturated heterocycles. The van der Waals surface area contributed by atoms with Crippen LogP contribution in [0.4, 0.5) is 5.69 Å². The molecule has 8 spiro atoms. The van der Waals surface area contributed by atoms with E-state index >= 15 is 0 Å². The number of hydrogen-bond acceptors (Lipinski definition) is 17. The number of methoxy groups -OCH3 is 4. The monoisotopic (exact) mass is 1690 g/mol. The Kier molecular flexibility index (Phi) is 19.7. The maximum absolute atomic E-state index is 14.2. The molecular weight excluding hydrogens is 1580 g/mol. The van der Waals surface area contributed by atoms with Gasteiger partial charge in [0, 0.05) is 108 Å². The van der Waals surface area contributed by atoms with E-state index in [0.717, 1.165) is 240 Å². The third kappa shape index (κ3) is 12.6. The molecule has 5 aromatic carbocycles. The van der Waals surface area contributed by atoms with Crippen LogP contribution in [0, 0.1) is 52.9 Å². The van der Waals surface area contributed by atoms with Crippen LogP contribution in [-0.2, 0) is 86.0 Å². The second-order valence-corrected chi connectivity index (χ2v) is 39.2. The molecule has 23 heteroatoms. The van der Waals surface area contributed by atoms with E-state index in [1.54, 1.807) is 43.1 Å². The van der Waals surface area contributed by atoms with Crippen LogP contribution >= 0.6 is 15.9 Å². The first-order chi connectivity index (χ1) is 58.5. The number of aliphatic imine (C=N–C) groups is 4. The number of halogens is 1. The van der Waals surface area contributed by atoms with E-state index in [1.165, 1.54) is 35.1 Å².